The van der Waals surface area contributed by atoms with Gasteiger partial charge in [-0.05, 0) is 62.7 Å². The molecule has 11 heteroatoms. The second kappa shape index (κ2) is 11.5. The summed E-state index contributed by atoms with van der Waals surface area (Å²) in [6.45, 7) is 4.62. The lowest BCUT2D eigenvalue weighted by atomic mass is 10.2. The van der Waals surface area contributed by atoms with Crippen LogP contribution in [0.1, 0.15) is 26.3 Å². The molecule has 0 aliphatic carbocycles. The lowest BCUT2D eigenvalue weighted by Gasteiger charge is -2.23. The molecule has 2 rings (SSSR count). The number of nitrogens with one attached hydrogen (secondary N) is 1. The van der Waals surface area contributed by atoms with Crippen LogP contribution in [0.4, 0.5) is 5.69 Å². The minimum atomic E-state index is -3.76. The van der Waals surface area contributed by atoms with Gasteiger partial charge < -0.3 is 14.2 Å². The van der Waals surface area contributed by atoms with Gasteiger partial charge >= 0.3 is 5.97 Å². The first-order valence-electron chi connectivity index (χ1n) is 10.3. The lowest BCUT2D eigenvalue weighted by Crippen LogP contribution is -2.39. The van der Waals surface area contributed by atoms with Crippen LogP contribution in [0.3, 0.4) is 0 Å². The molecule has 2 aromatic carbocycles. The van der Waals surface area contributed by atoms with Crippen LogP contribution >= 0.6 is 0 Å². The molecule has 0 saturated heterocycles. The molecule has 0 aliphatic heterocycles. The van der Waals surface area contributed by atoms with Crippen molar-refractivity contribution in [2.45, 2.75) is 26.4 Å². The number of hydrazone groups is 1. The Morgan fingerprint density at radius 1 is 1.09 bits per heavy atom. The summed E-state index contributed by atoms with van der Waals surface area (Å²) in [5.41, 5.74) is 2.61. The van der Waals surface area contributed by atoms with Crippen molar-refractivity contribution in [3.05, 3.63) is 54.1 Å². The molecule has 0 radical (unpaired) electrons. The van der Waals surface area contributed by atoms with Crippen molar-refractivity contribution in [1.29, 1.82) is 0 Å². The van der Waals surface area contributed by atoms with Gasteiger partial charge in [0.2, 0.25) is 10.0 Å². The van der Waals surface area contributed by atoms with Crippen LogP contribution in [-0.4, -0.2) is 58.6 Å². The van der Waals surface area contributed by atoms with E-state index in [0.717, 1.165) is 10.6 Å². The number of carbonyl (C=O) groups excluding carboxylic acids is 2. The molecule has 0 unspecified atom stereocenters. The maximum absolute atomic E-state index is 12.3. The summed E-state index contributed by atoms with van der Waals surface area (Å²) in [4.78, 5) is 24.0. The molecule has 2 aromatic rings. The van der Waals surface area contributed by atoms with E-state index in [4.69, 9.17) is 14.2 Å². The van der Waals surface area contributed by atoms with Crippen LogP contribution in [0, 0.1) is 0 Å². The summed E-state index contributed by atoms with van der Waals surface area (Å²) in [6, 6.07) is 13.1. The Balaban J connectivity index is 1.94. The van der Waals surface area contributed by atoms with Gasteiger partial charge in [0.15, 0.2) is 6.61 Å². The topological polar surface area (TPSA) is 124 Å². The number of methoxy groups -OCH3 is 1. The first-order valence-corrected chi connectivity index (χ1v) is 12.1. The fourth-order valence-corrected chi connectivity index (χ4v) is 3.58. The zero-order valence-corrected chi connectivity index (χ0v) is 20.6. The van der Waals surface area contributed by atoms with E-state index in [1.54, 1.807) is 69.3 Å². The van der Waals surface area contributed by atoms with E-state index in [1.165, 1.54) is 13.3 Å². The standard InChI is InChI=1S/C23H29N3O7S/c1-23(2,3)33-22(28)16-32-18-12-10-17(11-13-18)14-24-25-21(27)15-26(34(5,29)30)19-8-6-7-9-20(19)31-4/h6-14H,15-16H2,1-5H3,(H,25,27). The van der Waals surface area contributed by atoms with Crippen molar-refractivity contribution in [2.75, 3.05) is 30.8 Å². The maximum atomic E-state index is 12.3. The molecule has 0 heterocycles. The Bertz CT molecular complexity index is 1120. The summed E-state index contributed by atoms with van der Waals surface area (Å²) >= 11 is 0. The van der Waals surface area contributed by atoms with Gasteiger partial charge in [0, 0.05) is 0 Å². The summed E-state index contributed by atoms with van der Waals surface area (Å²) in [7, 11) is -2.34. The Morgan fingerprint density at radius 3 is 2.32 bits per heavy atom. The first kappa shape index (κ1) is 26.7. The van der Waals surface area contributed by atoms with Crippen molar-refractivity contribution >= 4 is 33.8 Å². The van der Waals surface area contributed by atoms with E-state index in [-0.39, 0.29) is 12.3 Å². The minimum Gasteiger partial charge on any atom is -0.495 e. The molecule has 34 heavy (non-hydrogen) atoms. The van der Waals surface area contributed by atoms with E-state index in [9.17, 15) is 18.0 Å². The van der Waals surface area contributed by atoms with Gasteiger partial charge in [0.05, 0.1) is 25.3 Å². The normalized spacial score (nSPS) is 11.7. The second-order valence-electron chi connectivity index (χ2n) is 8.18. The van der Waals surface area contributed by atoms with Gasteiger partial charge in [-0.15, -0.1) is 0 Å². The smallest absolute Gasteiger partial charge is 0.344 e. The quantitative estimate of drug-likeness (QED) is 0.307. The van der Waals surface area contributed by atoms with Gasteiger partial charge in [0.25, 0.3) is 5.91 Å². The molecule has 1 N–H and O–H groups in total. The summed E-state index contributed by atoms with van der Waals surface area (Å²) < 4.78 is 41.2. The number of sulfonamides is 1. The van der Waals surface area contributed by atoms with Crippen LogP contribution in [0.5, 0.6) is 11.5 Å². The number of carbonyl (C=O) groups is 2. The molecule has 0 bridgehead atoms. The molecule has 0 atom stereocenters. The number of hydrogen-bond donors (Lipinski definition) is 1. The number of anilines is 1. The predicted molar refractivity (Wildman–Crippen MR) is 129 cm³/mol. The van der Waals surface area contributed by atoms with Crippen LogP contribution in [0.25, 0.3) is 0 Å². The molecule has 0 spiro atoms. The molecular formula is C23H29N3O7S. The van der Waals surface area contributed by atoms with Gasteiger partial charge in [-0.25, -0.2) is 18.6 Å². The van der Waals surface area contributed by atoms with Gasteiger partial charge in [-0.2, -0.15) is 5.10 Å². The average molecular weight is 492 g/mol. The Hall–Kier alpha value is -3.60. The predicted octanol–water partition coefficient (Wildman–Crippen LogP) is 2.33. The second-order valence-corrected chi connectivity index (χ2v) is 10.1. The fraction of sp³-hybridized carbons (Fsp3) is 0.348. The molecule has 1 amide bonds. The molecular weight excluding hydrogens is 462 g/mol. The average Bonchev–Trinajstić information content (AvgIpc) is 2.75. The number of benzene rings is 2. The van der Waals surface area contributed by atoms with E-state index < -0.39 is 34.0 Å². The molecule has 0 aromatic heterocycles. The van der Waals surface area contributed by atoms with E-state index in [2.05, 4.69) is 10.5 Å². The van der Waals surface area contributed by atoms with Crippen LogP contribution < -0.4 is 19.2 Å². The van der Waals surface area contributed by atoms with E-state index in [0.29, 0.717) is 17.1 Å². The largest absolute Gasteiger partial charge is 0.495 e. The monoisotopic (exact) mass is 491 g/mol. The Morgan fingerprint density at radius 2 is 1.74 bits per heavy atom. The van der Waals surface area contributed by atoms with Crippen LogP contribution in [0.15, 0.2) is 53.6 Å². The number of esters is 1. The van der Waals surface area contributed by atoms with Crippen molar-refractivity contribution in [3.8, 4) is 11.5 Å². The summed E-state index contributed by atoms with van der Waals surface area (Å²) in [5.74, 6) is -0.326. The van der Waals surface area contributed by atoms with E-state index in [1.807, 2.05) is 0 Å². The molecule has 184 valence electrons. The number of nitrogens with zero attached hydrogens (tertiary/aromatic N) is 2. The third-order valence-electron chi connectivity index (χ3n) is 4.10. The van der Waals surface area contributed by atoms with Crippen LogP contribution in [0.2, 0.25) is 0 Å². The van der Waals surface area contributed by atoms with Crippen LogP contribution in [-0.2, 0) is 24.3 Å². The third-order valence-corrected chi connectivity index (χ3v) is 5.23. The summed E-state index contributed by atoms with van der Waals surface area (Å²) in [5, 5.41) is 3.86. The van der Waals surface area contributed by atoms with Crippen molar-refractivity contribution < 1.29 is 32.2 Å². The molecule has 10 nitrogen and oxygen atoms in total. The van der Waals surface area contributed by atoms with Gasteiger partial charge in [-0.3, -0.25) is 9.10 Å². The maximum Gasteiger partial charge on any atom is 0.344 e. The highest BCUT2D eigenvalue weighted by molar-refractivity contribution is 7.92. The van der Waals surface area contributed by atoms with Crippen molar-refractivity contribution in [1.82, 2.24) is 5.43 Å². The molecule has 0 fully saturated rings. The SMILES string of the molecule is COc1ccccc1N(CC(=O)NN=Cc1ccc(OCC(=O)OC(C)(C)C)cc1)S(C)(=O)=O. The minimum absolute atomic E-state index is 0.218. The summed E-state index contributed by atoms with van der Waals surface area (Å²) in [6.07, 6.45) is 2.39. The number of para-hydroxylation sites is 2. The fourth-order valence-electron chi connectivity index (χ4n) is 2.72. The number of ether oxygens (including phenoxy) is 3. The number of amides is 1. The number of hydrogen-bond acceptors (Lipinski definition) is 8. The molecule has 0 saturated carbocycles. The number of rotatable bonds is 10. The van der Waals surface area contributed by atoms with E-state index >= 15 is 0 Å². The van der Waals surface area contributed by atoms with Crippen molar-refractivity contribution in [3.63, 3.8) is 0 Å². The first-order chi connectivity index (χ1) is 15.9. The van der Waals surface area contributed by atoms with Crippen molar-refractivity contribution in [2.24, 2.45) is 5.10 Å². The highest BCUT2D eigenvalue weighted by Gasteiger charge is 2.23. The van der Waals surface area contributed by atoms with Gasteiger partial charge in [-0.1, -0.05) is 12.1 Å². The highest BCUT2D eigenvalue weighted by Crippen LogP contribution is 2.29. The highest BCUT2D eigenvalue weighted by atomic mass is 32.2. The lowest BCUT2D eigenvalue weighted by molar-refractivity contribution is -0.157. The van der Waals surface area contributed by atoms with Gasteiger partial charge in [0.1, 0.15) is 23.6 Å². The molecule has 0 aliphatic rings. The third kappa shape index (κ3) is 8.74. The zero-order valence-electron chi connectivity index (χ0n) is 19.8. The zero-order chi connectivity index (χ0) is 25.4. The Kier molecular flexibility index (Phi) is 9.02. The Labute approximate surface area is 199 Å².